The fraction of sp³-hybridized carbons (Fsp3) is 0.929. The van der Waals surface area contributed by atoms with Crippen molar-refractivity contribution in [2.24, 2.45) is 0 Å². The monoisotopic (exact) mass is 379 g/mol. The lowest BCUT2D eigenvalue weighted by Crippen LogP contribution is -2.64. The van der Waals surface area contributed by atoms with E-state index in [1.165, 1.54) is 25.7 Å². The van der Waals surface area contributed by atoms with Crippen molar-refractivity contribution >= 4 is 34.2 Å². The molecule has 0 saturated carbocycles. The minimum Gasteiger partial charge on any atom is -0.416 e. The van der Waals surface area contributed by atoms with E-state index in [0.29, 0.717) is 0 Å². The van der Waals surface area contributed by atoms with Crippen molar-refractivity contribution in [1.29, 1.82) is 0 Å². The molecule has 1 fully saturated rings. The number of rotatable bonds is 6. The van der Waals surface area contributed by atoms with Gasteiger partial charge in [0.15, 0.2) is 0 Å². The van der Waals surface area contributed by atoms with E-state index in [2.05, 4.69) is 52.8 Å². The molecule has 131 valence electrons. The molecule has 1 heterocycles. The molecule has 0 N–H and O–H groups in total. The lowest BCUT2D eigenvalue weighted by molar-refractivity contribution is 0.233. The first-order valence-corrected chi connectivity index (χ1v) is 19.5. The zero-order valence-electron chi connectivity index (χ0n) is 15.6. The summed E-state index contributed by atoms with van der Waals surface area (Å²) in [6.45, 7) is 18.8. The van der Waals surface area contributed by atoms with Crippen molar-refractivity contribution in [3.8, 4) is 0 Å². The van der Waals surface area contributed by atoms with Crippen LogP contribution < -0.4 is 0 Å². The summed E-state index contributed by atoms with van der Waals surface area (Å²) in [5.74, 6) is 0. The molecule has 4 nitrogen and oxygen atoms in total. The van der Waals surface area contributed by atoms with Gasteiger partial charge in [0.25, 0.3) is 0 Å². The Hall–Kier alpha value is 0.708. The van der Waals surface area contributed by atoms with E-state index in [1.807, 2.05) is 0 Å². The Morgan fingerprint density at radius 3 is 1.45 bits per heavy atom. The molecular weight excluding hydrogens is 344 g/mol. The van der Waals surface area contributed by atoms with Gasteiger partial charge in [0.2, 0.25) is 0 Å². The zero-order chi connectivity index (χ0) is 17.1. The molecule has 0 aliphatic carbocycles. The topological polar surface area (TPSA) is 36.9 Å². The Morgan fingerprint density at radius 2 is 1.00 bits per heavy atom. The highest BCUT2D eigenvalue weighted by Gasteiger charge is 2.51. The second-order valence-corrected chi connectivity index (χ2v) is 22.2. The predicted octanol–water partition coefficient (Wildman–Crippen LogP) is 5.03. The normalized spacial score (nSPS) is 26.2. The van der Waals surface area contributed by atoms with E-state index in [-0.39, 0.29) is 0 Å². The van der Waals surface area contributed by atoms with Gasteiger partial charge in [-0.25, -0.2) is 0 Å². The third kappa shape index (κ3) is 7.52. The second-order valence-electron chi connectivity index (χ2n) is 7.76. The van der Waals surface area contributed by atoms with Crippen LogP contribution in [0.5, 0.6) is 0 Å². The van der Waals surface area contributed by atoms with Gasteiger partial charge in [-0.3, -0.25) is 0 Å². The molecule has 0 aromatic carbocycles. The largest absolute Gasteiger partial charge is 0.416 e. The van der Waals surface area contributed by atoms with E-state index in [4.69, 9.17) is 16.5 Å². The molecule has 0 unspecified atom stereocenters. The van der Waals surface area contributed by atoms with Crippen LogP contribution >= 0.6 is 0 Å². The quantitative estimate of drug-likeness (QED) is 0.479. The zero-order valence-corrected chi connectivity index (χ0v) is 19.6. The molecule has 0 bridgehead atoms. The third-order valence-electron chi connectivity index (χ3n) is 3.54. The maximum atomic E-state index is 6.55. The Kier molecular flexibility index (Phi) is 7.29. The van der Waals surface area contributed by atoms with E-state index >= 15 is 0 Å². The first kappa shape index (κ1) is 20.8. The van der Waals surface area contributed by atoms with Gasteiger partial charge >= 0.3 is 34.2 Å². The summed E-state index contributed by atoms with van der Waals surface area (Å²) >= 11 is 0. The molecule has 8 heteroatoms. The van der Waals surface area contributed by atoms with E-state index in [9.17, 15) is 0 Å². The first-order valence-electron chi connectivity index (χ1n) is 8.49. The molecule has 22 heavy (non-hydrogen) atoms. The maximum Gasteiger partial charge on any atom is 0.317 e. The average Bonchev–Trinajstić information content (AvgIpc) is 2.21. The van der Waals surface area contributed by atoms with Crippen molar-refractivity contribution in [3.05, 3.63) is 6.92 Å². The van der Waals surface area contributed by atoms with E-state index in [1.54, 1.807) is 0 Å². The van der Waals surface area contributed by atoms with Crippen LogP contribution in [0.2, 0.25) is 51.9 Å². The standard InChI is InChI=1S/C14H35O4Si4/c1-9-10-11-12-13-14-22(8)17-20(4,5)15-19(2,3)16-21(6,7)18-22/h1,9-14H2,2-8H3. The molecular formula is C14H35O4Si4. The molecule has 1 aliphatic rings. The Bertz CT molecular complexity index is 339. The minimum atomic E-state index is -2.23. The second kappa shape index (κ2) is 7.73. The van der Waals surface area contributed by atoms with Gasteiger partial charge in [0, 0.05) is 0 Å². The minimum absolute atomic E-state index is 1.03. The molecule has 1 aliphatic heterocycles. The van der Waals surface area contributed by atoms with Crippen LogP contribution in [0.1, 0.15) is 32.1 Å². The summed E-state index contributed by atoms with van der Waals surface area (Å²) < 4.78 is 25.8. The number of hydrogen-bond donors (Lipinski definition) is 0. The molecule has 0 amide bonds. The van der Waals surface area contributed by atoms with Crippen LogP contribution in [0, 0.1) is 6.92 Å². The van der Waals surface area contributed by atoms with E-state index < -0.39 is 34.2 Å². The first-order chi connectivity index (χ1) is 9.89. The highest BCUT2D eigenvalue weighted by atomic mass is 28.5. The van der Waals surface area contributed by atoms with Crippen LogP contribution in [-0.4, -0.2) is 34.2 Å². The third-order valence-corrected chi connectivity index (χ3v) is 20.1. The van der Waals surface area contributed by atoms with Crippen LogP contribution in [0.4, 0.5) is 0 Å². The molecule has 1 rings (SSSR count). The van der Waals surface area contributed by atoms with Gasteiger partial charge in [0.05, 0.1) is 0 Å². The lowest BCUT2D eigenvalue weighted by Gasteiger charge is -2.47. The summed E-state index contributed by atoms with van der Waals surface area (Å²) in [5, 5.41) is 0. The Labute approximate surface area is 141 Å². The summed E-state index contributed by atoms with van der Waals surface area (Å²) in [5.41, 5.74) is 0. The van der Waals surface area contributed by atoms with Gasteiger partial charge in [-0.15, -0.1) is 0 Å². The fourth-order valence-corrected chi connectivity index (χ4v) is 25.1. The van der Waals surface area contributed by atoms with Gasteiger partial charge in [0.1, 0.15) is 0 Å². The Balaban J connectivity index is 2.75. The van der Waals surface area contributed by atoms with Crippen LogP contribution in [-0.2, 0) is 16.5 Å². The smallest absolute Gasteiger partial charge is 0.317 e. The molecule has 1 radical (unpaired) electrons. The SMILES string of the molecule is [CH2]CCCCCC[Si]1(C)O[Si](C)(C)O[Si](C)(C)O[Si](C)(C)O1. The number of hydrogen-bond acceptors (Lipinski definition) is 4. The van der Waals surface area contributed by atoms with E-state index in [0.717, 1.165) is 12.5 Å². The molecule has 0 spiro atoms. The molecule has 0 atom stereocenters. The average molecular weight is 380 g/mol. The molecule has 0 aromatic heterocycles. The van der Waals surface area contributed by atoms with Crippen molar-refractivity contribution in [2.45, 2.75) is 84.0 Å². The highest BCUT2D eigenvalue weighted by molar-refractivity contribution is 6.93. The van der Waals surface area contributed by atoms with Crippen molar-refractivity contribution in [1.82, 2.24) is 0 Å². The fourth-order valence-electron chi connectivity index (χ4n) is 3.39. The predicted molar refractivity (Wildman–Crippen MR) is 102 cm³/mol. The summed E-state index contributed by atoms with van der Waals surface area (Å²) in [6, 6.07) is 1.03. The van der Waals surface area contributed by atoms with Crippen molar-refractivity contribution < 1.29 is 16.5 Å². The van der Waals surface area contributed by atoms with Gasteiger partial charge in [-0.1, -0.05) is 39.0 Å². The van der Waals surface area contributed by atoms with Crippen LogP contribution in [0.15, 0.2) is 0 Å². The van der Waals surface area contributed by atoms with Gasteiger partial charge in [-0.05, 0) is 51.9 Å². The van der Waals surface area contributed by atoms with Gasteiger partial charge < -0.3 is 16.5 Å². The van der Waals surface area contributed by atoms with Crippen molar-refractivity contribution in [3.63, 3.8) is 0 Å². The van der Waals surface area contributed by atoms with Crippen LogP contribution in [0.25, 0.3) is 0 Å². The molecule has 1 saturated heterocycles. The summed E-state index contributed by atoms with van der Waals surface area (Å²) in [7, 11) is -8.79. The maximum absolute atomic E-state index is 6.55. The Morgan fingerprint density at radius 1 is 0.591 bits per heavy atom. The van der Waals surface area contributed by atoms with Crippen molar-refractivity contribution in [2.75, 3.05) is 0 Å². The highest BCUT2D eigenvalue weighted by Crippen LogP contribution is 2.33. The summed E-state index contributed by atoms with van der Waals surface area (Å²) in [6.07, 6.45) is 5.90. The number of unbranched alkanes of at least 4 members (excludes halogenated alkanes) is 4. The van der Waals surface area contributed by atoms with Gasteiger partial charge in [-0.2, -0.15) is 0 Å². The molecule has 0 aromatic rings. The lowest BCUT2D eigenvalue weighted by atomic mass is 10.2. The summed E-state index contributed by atoms with van der Waals surface area (Å²) in [4.78, 5) is 0. The van der Waals surface area contributed by atoms with Crippen LogP contribution in [0.3, 0.4) is 0 Å².